The summed E-state index contributed by atoms with van der Waals surface area (Å²) in [5, 5.41) is 4.37. The SMILES string of the molecule is CCOc1cncc(-n2cc(-c3ccccc3N)cn2)c1. The van der Waals surface area contributed by atoms with Crippen molar-refractivity contribution in [1.82, 2.24) is 14.8 Å². The molecule has 2 heterocycles. The summed E-state index contributed by atoms with van der Waals surface area (Å²) >= 11 is 0. The molecule has 3 rings (SSSR count). The number of aromatic nitrogens is 3. The van der Waals surface area contributed by atoms with E-state index in [2.05, 4.69) is 10.1 Å². The monoisotopic (exact) mass is 280 g/mol. The van der Waals surface area contributed by atoms with Gasteiger partial charge in [-0.3, -0.25) is 4.98 Å². The number of nitrogens with two attached hydrogens (primary N) is 1. The van der Waals surface area contributed by atoms with E-state index in [1.807, 2.05) is 43.5 Å². The first-order valence-corrected chi connectivity index (χ1v) is 6.75. The van der Waals surface area contributed by atoms with Crippen molar-refractivity contribution in [3.8, 4) is 22.6 Å². The van der Waals surface area contributed by atoms with Crippen LogP contribution in [-0.2, 0) is 0 Å². The van der Waals surface area contributed by atoms with E-state index in [9.17, 15) is 0 Å². The molecule has 0 spiro atoms. The first kappa shape index (κ1) is 13.2. The molecule has 0 bridgehead atoms. The molecular formula is C16H16N4O. The van der Waals surface area contributed by atoms with Gasteiger partial charge in [0.1, 0.15) is 5.75 Å². The molecule has 5 heteroatoms. The predicted octanol–water partition coefficient (Wildman–Crippen LogP) is 2.92. The standard InChI is InChI=1S/C16H16N4O/c1-2-21-14-7-13(9-18-10-14)20-11-12(8-19-20)15-5-3-4-6-16(15)17/h3-11H,2,17H2,1H3. The van der Waals surface area contributed by atoms with Crippen molar-refractivity contribution >= 4 is 5.69 Å². The molecule has 2 aromatic heterocycles. The summed E-state index contributed by atoms with van der Waals surface area (Å²) in [6, 6.07) is 9.64. The van der Waals surface area contributed by atoms with E-state index < -0.39 is 0 Å². The molecule has 2 N–H and O–H groups in total. The molecular weight excluding hydrogens is 264 g/mol. The largest absolute Gasteiger partial charge is 0.492 e. The van der Waals surface area contributed by atoms with E-state index >= 15 is 0 Å². The smallest absolute Gasteiger partial charge is 0.139 e. The molecule has 106 valence electrons. The molecule has 0 atom stereocenters. The van der Waals surface area contributed by atoms with Crippen molar-refractivity contribution in [2.24, 2.45) is 0 Å². The fourth-order valence-corrected chi connectivity index (χ4v) is 2.14. The van der Waals surface area contributed by atoms with E-state index in [1.165, 1.54) is 0 Å². The summed E-state index contributed by atoms with van der Waals surface area (Å²) in [6.07, 6.45) is 7.15. The Morgan fingerprint density at radius 3 is 2.86 bits per heavy atom. The number of anilines is 1. The van der Waals surface area contributed by atoms with Gasteiger partial charge in [-0.1, -0.05) is 18.2 Å². The van der Waals surface area contributed by atoms with E-state index in [0.717, 1.165) is 28.3 Å². The molecule has 0 aliphatic carbocycles. The maximum atomic E-state index is 5.99. The Morgan fingerprint density at radius 1 is 1.19 bits per heavy atom. The van der Waals surface area contributed by atoms with Gasteiger partial charge in [0.15, 0.2) is 0 Å². The van der Waals surface area contributed by atoms with Gasteiger partial charge in [-0.25, -0.2) is 4.68 Å². The van der Waals surface area contributed by atoms with Crippen LogP contribution in [0.3, 0.4) is 0 Å². The third-order valence-electron chi connectivity index (χ3n) is 3.13. The number of para-hydroxylation sites is 1. The van der Waals surface area contributed by atoms with Crippen molar-refractivity contribution in [2.45, 2.75) is 6.92 Å². The van der Waals surface area contributed by atoms with Gasteiger partial charge in [-0.2, -0.15) is 5.10 Å². The number of benzene rings is 1. The lowest BCUT2D eigenvalue weighted by Gasteiger charge is -2.05. The summed E-state index contributed by atoms with van der Waals surface area (Å²) in [4.78, 5) is 4.17. The highest BCUT2D eigenvalue weighted by atomic mass is 16.5. The summed E-state index contributed by atoms with van der Waals surface area (Å²) in [5.74, 6) is 0.728. The van der Waals surface area contributed by atoms with E-state index in [4.69, 9.17) is 10.5 Å². The topological polar surface area (TPSA) is 66.0 Å². The maximum absolute atomic E-state index is 5.99. The first-order chi connectivity index (χ1) is 10.3. The van der Waals surface area contributed by atoms with Crippen molar-refractivity contribution in [3.63, 3.8) is 0 Å². The molecule has 0 aliphatic heterocycles. The minimum atomic E-state index is 0.607. The number of nitrogen functional groups attached to an aromatic ring is 1. The zero-order chi connectivity index (χ0) is 14.7. The van der Waals surface area contributed by atoms with Crippen molar-refractivity contribution < 1.29 is 4.74 Å². The molecule has 0 saturated heterocycles. The quantitative estimate of drug-likeness (QED) is 0.746. The van der Waals surface area contributed by atoms with E-state index in [0.29, 0.717) is 6.61 Å². The maximum Gasteiger partial charge on any atom is 0.139 e. The van der Waals surface area contributed by atoms with Crippen LogP contribution < -0.4 is 10.5 Å². The van der Waals surface area contributed by atoms with Crippen molar-refractivity contribution in [3.05, 3.63) is 55.1 Å². The fourth-order valence-electron chi connectivity index (χ4n) is 2.14. The summed E-state index contributed by atoms with van der Waals surface area (Å²) in [7, 11) is 0. The molecule has 0 saturated carbocycles. The molecule has 5 nitrogen and oxygen atoms in total. The highest BCUT2D eigenvalue weighted by molar-refractivity contribution is 5.75. The Bertz CT molecular complexity index is 751. The van der Waals surface area contributed by atoms with Gasteiger partial charge < -0.3 is 10.5 Å². The minimum Gasteiger partial charge on any atom is -0.492 e. The van der Waals surface area contributed by atoms with E-state index in [-0.39, 0.29) is 0 Å². The summed E-state index contributed by atoms with van der Waals surface area (Å²) in [6.45, 7) is 2.55. The first-order valence-electron chi connectivity index (χ1n) is 6.75. The van der Waals surface area contributed by atoms with Crippen LogP contribution in [0.5, 0.6) is 5.75 Å². The second-order valence-corrected chi connectivity index (χ2v) is 4.57. The minimum absolute atomic E-state index is 0.607. The van der Waals surface area contributed by atoms with Crippen LogP contribution in [0.15, 0.2) is 55.1 Å². The molecule has 0 amide bonds. The van der Waals surface area contributed by atoms with Gasteiger partial charge in [-0.05, 0) is 13.0 Å². The fraction of sp³-hybridized carbons (Fsp3) is 0.125. The lowest BCUT2D eigenvalue weighted by molar-refractivity contribution is 0.338. The van der Waals surface area contributed by atoms with Gasteiger partial charge in [-0.15, -0.1) is 0 Å². The van der Waals surface area contributed by atoms with Crippen molar-refractivity contribution in [2.75, 3.05) is 12.3 Å². The van der Waals surface area contributed by atoms with Crippen LogP contribution in [-0.4, -0.2) is 21.4 Å². The lowest BCUT2D eigenvalue weighted by atomic mass is 10.1. The van der Waals surface area contributed by atoms with Crippen LogP contribution in [0.2, 0.25) is 0 Å². The second-order valence-electron chi connectivity index (χ2n) is 4.57. The molecule has 0 aliphatic rings. The van der Waals surface area contributed by atoms with Gasteiger partial charge in [0.2, 0.25) is 0 Å². The Hall–Kier alpha value is -2.82. The highest BCUT2D eigenvalue weighted by Gasteiger charge is 2.07. The van der Waals surface area contributed by atoms with E-state index in [1.54, 1.807) is 23.3 Å². The second kappa shape index (κ2) is 5.66. The van der Waals surface area contributed by atoms with Crippen LogP contribution in [0.1, 0.15) is 6.92 Å². The predicted molar refractivity (Wildman–Crippen MR) is 82.4 cm³/mol. The van der Waals surface area contributed by atoms with Gasteiger partial charge in [0.05, 0.1) is 30.9 Å². The molecule has 0 radical (unpaired) electrons. The average Bonchev–Trinajstić information content (AvgIpc) is 2.98. The van der Waals surface area contributed by atoms with Crippen LogP contribution >= 0.6 is 0 Å². The molecule has 21 heavy (non-hydrogen) atoms. The zero-order valence-corrected chi connectivity index (χ0v) is 11.7. The Labute approximate surface area is 123 Å². The lowest BCUT2D eigenvalue weighted by Crippen LogP contribution is -1.98. The molecule has 1 aromatic carbocycles. The number of hydrogen-bond acceptors (Lipinski definition) is 4. The highest BCUT2D eigenvalue weighted by Crippen LogP contribution is 2.26. The molecule has 3 aromatic rings. The van der Waals surface area contributed by atoms with Crippen molar-refractivity contribution in [1.29, 1.82) is 0 Å². The average molecular weight is 280 g/mol. The number of nitrogens with zero attached hydrogens (tertiary/aromatic N) is 3. The van der Waals surface area contributed by atoms with Gasteiger partial charge in [0, 0.05) is 29.1 Å². The molecule has 0 fully saturated rings. The molecule has 0 unspecified atom stereocenters. The van der Waals surface area contributed by atoms with Crippen LogP contribution in [0, 0.1) is 0 Å². The zero-order valence-electron chi connectivity index (χ0n) is 11.7. The normalized spacial score (nSPS) is 10.5. The summed E-state index contributed by atoms with van der Waals surface area (Å²) < 4.78 is 7.22. The third-order valence-corrected chi connectivity index (χ3v) is 3.13. The Balaban J connectivity index is 1.95. The number of pyridine rings is 1. The number of ether oxygens (including phenoxy) is 1. The number of rotatable bonds is 4. The van der Waals surface area contributed by atoms with Gasteiger partial charge >= 0.3 is 0 Å². The van der Waals surface area contributed by atoms with Crippen LogP contribution in [0.4, 0.5) is 5.69 Å². The third kappa shape index (κ3) is 2.72. The number of hydrogen-bond donors (Lipinski definition) is 1. The van der Waals surface area contributed by atoms with Crippen LogP contribution in [0.25, 0.3) is 16.8 Å². The Morgan fingerprint density at radius 2 is 2.05 bits per heavy atom. The Kier molecular flexibility index (Phi) is 3.55. The summed E-state index contributed by atoms with van der Waals surface area (Å²) in [5.41, 5.74) is 9.52. The van der Waals surface area contributed by atoms with Gasteiger partial charge in [0.25, 0.3) is 0 Å².